The maximum Gasteiger partial charge on any atom is 0.343 e. The van der Waals surface area contributed by atoms with Gasteiger partial charge in [-0.3, -0.25) is 9.36 Å². The van der Waals surface area contributed by atoms with Crippen molar-refractivity contribution in [3.63, 3.8) is 0 Å². The first kappa shape index (κ1) is 17.6. The van der Waals surface area contributed by atoms with Gasteiger partial charge in [-0.1, -0.05) is 6.07 Å². The van der Waals surface area contributed by atoms with Crippen molar-refractivity contribution in [2.75, 3.05) is 19.9 Å². The number of aromatic nitrogens is 3. The van der Waals surface area contributed by atoms with Gasteiger partial charge in [-0.15, -0.1) is 0 Å². The lowest BCUT2D eigenvalue weighted by molar-refractivity contribution is -0.132. The number of amides is 1. The second-order valence-corrected chi connectivity index (χ2v) is 7.00. The van der Waals surface area contributed by atoms with Crippen molar-refractivity contribution in [3.8, 4) is 11.5 Å². The highest BCUT2D eigenvalue weighted by atomic mass is 16.7. The minimum absolute atomic E-state index is 0.104. The highest BCUT2D eigenvalue weighted by Crippen LogP contribution is 2.33. The van der Waals surface area contributed by atoms with Crippen molar-refractivity contribution in [1.82, 2.24) is 19.7 Å². The standard InChI is InChI=1S/C19H24N4O4/c1-2-23-18(20-21-19(23)25)14-4-3-9-22(11-14)17(24)8-6-13-5-7-15-16(10-13)27-12-26-15/h5,7,10,14H,2-4,6,8-9,11-12H2,1H3,(H,21,25)/t14-/m1/s1. The van der Waals surface area contributed by atoms with Crippen LogP contribution in [0, 0.1) is 0 Å². The van der Waals surface area contributed by atoms with E-state index in [0.29, 0.717) is 25.9 Å². The number of piperidine rings is 1. The maximum atomic E-state index is 12.7. The number of aryl methyl sites for hydroxylation is 1. The monoisotopic (exact) mass is 372 g/mol. The second-order valence-electron chi connectivity index (χ2n) is 7.00. The van der Waals surface area contributed by atoms with Crippen LogP contribution in [-0.2, 0) is 17.8 Å². The number of nitrogens with one attached hydrogen (secondary N) is 1. The normalized spacial score (nSPS) is 18.7. The number of carbonyl (C=O) groups is 1. The van der Waals surface area contributed by atoms with Crippen molar-refractivity contribution in [1.29, 1.82) is 0 Å². The Bertz CT molecular complexity index is 888. The zero-order chi connectivity index (χ0) is 18.8. The molecule has 2 aliphatic rings. The van der Waals surface area contributed by atoms with Crippen LogP contribution in [0.3, 0.4) is 0 Å². The van der Waals surface area contributed by atoms with Crippen LogP contribution in [0.5, 0.6) is 11.5 Å². The Hall–Kier alpha value is -2.77. The van der Waals surface area contributed by atoms with Gasteiger partial charge >= 0.3 is 5.69 Å². The molecule has 1 N–H and O–H groups in total. The van der Waals surface area contributed by atoms with Gasteiger partial charge in [-0.2, -0.15) is 5.10 Å². The van der Waals surface area contributed by atoms with E-state index in [9.17, 15) is 9.59 Å². The summed E-state index contributed by atoms with van der Waals surface area (Å²) in [5.41, 5.74) is 0.882. The summed E-state index contributed by atoms with van der Waals surface area (Å²) in [6.45, 7) is 4.14. The van der Waals surface area contributed by atoms with Crippen molar-refractivity contribution >= 4 is 5.91 Å². The van der Waals surface area contributed by atoms with E-state index in [1.54, 1.807) is 4.57 Å². The number of carbonyl (C=O) groups excluding carboxylic acids is 1. The molecule has 1 saturated heterocycles. The molecule has 8 nitrogen and oxygen atoms in total. The van der Waals surface area contributed by atoms with Gasteiger partial charge in [0.25, 0.3) is 0 Å². The third kappa shape index (κ3) is 3.56. The average molecular weight is 372 g/mol. The van der Waals surface area contributed by atoms with Crippen LogP contribution >= 0.6 is 0 Å². The molecule has 1 amide bonds. The van der Waals surface area contributed by atoms with Crippen LogP contribution in [0.2, 0.25) is 0 Å². The number of benzene rings is 1. The number of hydrogen-bond acceptors (Lipinski definition) is 5. The minimum Gasteiger partial charge on any atom is -0.454 e. The zero-order valence-corrected chi connectivity index (χ0v) is 15.4. The number of rotatable bonds is 5. The van der Waals surface area contributed by atoms with Gasteiger partial charge in [-0.25, -0.2) is 9.89 Å². The molecular formula is C19H24N4O4. The lowest BCUT2D eigenvalue weighted by Gasteiger charge is -2.32. The SMILES string of the molecule is CCn1c([C@@H]2CCCN(C(=O)CCc3ccc4c(c3)OCO4)C2)n[nH]c1=O. The van der Waals surface area contributed by atoms with Gasteiger partial charge in [0.1, 0.15) is 5.82 Å². The summed E-state index contributed by atoms with van der Waals surface area (Å²) in [5, 5.41) is 6.72. The van der Waals surface area contributed by atoms with Crippen LogP contribution in [-0.4, -0.2) is 45.5 Å². The molecule has 0 aliphatic carbocycles. The van der Waals surface area contributed by atoms with E-state index in [1.807, 2.05) is 30.0 Å². The van der Waals surface area contributed by atoms with Crippen LogP contribution in [0.4, 0.5) is 0 Å². The van der Waals surface area contributed by atoms with Crippen LogP contribution in [0.1, 0.15) is 43.5 Å². The Morgan fingerprint density at radius 1 is 1.33 bits per heavy atom. The van der Waals surface area contributed by atoms with E-state index in [1.165, 1.54) is 0 Å². The molecule has 2 aromatic rings. The molecule has 1 aromatic heterocycles. The molecule has 0 radical (unpaired) electrons. The van der Waals surface area contributed by atoms with Gasteiger partial charge in [-0.05, 0) is 43.9 Å². The number of fused-ring (bicyclic) bond motifs is 1. The van der Waals surface area contributed by atoms with E-state index in [-0.39, 0.29) is 24.3 Å². The summed E-state index contributed by atoms with van der Waals surface area (Å²) < 4.78 is 12.4. The summed E-state index contributed by atoms with van der Waals surface area (Å²) in [6.07, 6.45) is 2.98. The van der Waals surface area contributed by atoms with E-state index in [4.69, 9.17) is 9.47 Å². The molecule has 1 aromatic carbocycles. The summed E-state index contributed by atoms with van der Waals surface area (Å²) in [7, 11) is 0. The Morgan fingerprint density at radius 2 is 2.19 bits per heavy atom. The van der Waals surface area contributed by atoms with Crippen LogP contribution in [0.25, 0.3) is 0 Å². The molecule has 0 saturated carbocycles. The Balaban J connectivity index is 1.38. The quantitative estimate of drug-likeness (QED) is 0.862. The maximum absolute atomic E-state index is 12.7. The number of H-pyrrole nitrogens is 1. The van der Waals surface area contributed by atoms with Gasteiger partial charge < -0.3 is 14.4 Å². The molecule has 3 heterocycles. The van der Waals surface area contributed by atoms with Crippen molar-refractivity contribution in [2.24, 2.45) is 0 Å². The number of likely N-dealkylation sites (tertiary alicyclic amines) is 1. The molecule has 0 bridgehead atoms. The lowest BCUT2D eigenvalue weighted by atomic mass is 9.96. The second kappa shape index (κ2) is 7.46. The summed E-state index contributed by atoms with van der Waals surface area (Å²) >= 11 is 0. The van der Waals surface area contributed by atoms with Gasteiger partial charge in [0.15, 0.2) is 11.5 Å². The first-order chi connectivity index (χ1) is 13.2. The fourth-order valence-corrected chi connectivity index (χ4v) is 3.87. The zero-order valence-electron chi connectivity index (χ0n) is 15.4. The van der Waals surface area contributed by atoms with Gasteiger partial charge in [0.2, 0.25) is 12.7 Å². The van der Waals surface area contributed by atoms with E-state index in [0.717, 1.165) is 42.3 Å². The van der Waals surface area contributed by atoms with Crippen LogP contribution < -0.4 is 15.2 Å². The third-order valence-corrected chi connectivity index (χ3v) is 5.31. The van der Waals surface area contributed by atoms with E-state index in [2.05, 4.69) is 10.2 Å². The van der Waals surface area contributed by atoms with Crippen LogP contribution in [0.15, 0.2) is 23.0 Å². The summed E-state index contributed by atoms with van der Waals surface area (Å²) in [6, 6.07) is 5.81. The van der Waals surface area contributed by atoms with E-state index >= 15 is 0 Å². The minimum atomic E-state index is -0.182. The molecule has 1 atom stereocenters. The number of aromatic amines is 1. The third-order valence-electron chi connectivity index (χ3n) is 5.31. The first-order valence-corrected chi connectivity index (χ1v) is 9.47. The highest BCUT2D eigenvalue weighted by Gasteiger charge is 2.28. The topological polar surface area (TPSA) is 89.4 Å². The predicted octanol–water partition coefficient (Wildman–Crippen LogP) is 1.66. The Morgan fingerprint density at radius 3 is 3.04 bits per heavy atom. The first-order valence-electron chi connectivity index (χ1n) is 9.47. The van der Waals surface area contributed by atoms with Gasteiger partial charge in [0.05, 0.1) is 0 Å². The molecule has 8 heteroatoms. The fourth-order valence-electron chi connectivity index (χ4n) is 3.87. The van der Waals surface area contributed by atoms with Crippen molar-refractivity contribution < 1.29 is 14.3 Å². The summed E-state index contributed by atoms with van der Waals surface area (Å²) in [5.74, 6) is 2.50. The van der Waals surface area contributed by atoms with Crippen molar-refractivity contribution in [3.05, 3.63) is 40.1 Å². The highest BCUT2D eigenvalue weighted by molar-refractivity contribution is 5.76. The largest absolute Gasteiger partial charge is 0.454 e. The number of hydrogen-bond donors (Lipinski definition) is 1. The number of nitrogens with zero attached hydrogens (tertiary/aromatic N) is 3. The van der Waals surface area contributed by atoms with Crippen molar-refractivity contribution in [2.45, 2.75) is 45.1 Å². The predicted molar refractivity (Wildman–Crippen MR) is 98.0 cm³/mol. The van der Waals surface area contributed by atoms with E-state index < -0.39 is 0 Å². The molecule has 0 unspecified atom stereocenters. The molecule has 2 aliphatic heterocycles. The molecule has 0 spiro atoms. The lowest BCUT2D eigenvalue weighted by Crippen LogP contribution is -2.40. The summed E-state index contributed by atoms with van der Waals surface area (Å²) in [4.78, 5) is 26.4. The number of ether oxygens (including phenoxy) is 2. The van der Waals surface area contributed by atoms with Gasteiger partial charge in [0, 0.05) is 32.0 Å². The molecule has 27 heavy (non-hydrogen) atoms. The molecular weight excluding hydrogens is 348 g/mol. The smallest absolute Gasteiger partial charge is 0.343 e. The average Bonchev–Trinajstić information content (AvgIpc) is 3.31. The Kier molecular flexibility index (Phi) is 4.87. The molecule has 1 fully saturated rings. The fraction of sp³-hybridized carbons (Fsp3) is 0.526. The molecule has 144 valence electrons. The Labute approximate surface area is 157 Å². The molecule has 4 rings (SSSR count).